The Morgan fingerprint density at radius 1 is 1.58 bits per heavy atom. The standard InChI is InChI=1S/C7H15NO4/c1-2-7(12-8(10)11)5-3-4-6-9/h7,9H,2-6H2,1H3/t7-/m0/s1. The van der Waals surface area contributed by atoms with Crippen LogP contribution in [-0.2, 0) is 4.84 Å². The number of hydrogen-bond acceptors (Lipinski definition) is 4. The van der Waals surface area contributed by atoms with Gasteiger partial charge in [0.25, 0.3) is 5.09 Å². The van der Waals surface area contributed by atoms with E-state index in [9.17, 15) is 10.1 Å². The molecule has 0 aromatic carbocycles. The lowest BCUT2D eigenvalue weighted by molar-refractivity contribution is -0.768. The van der Waals surface area contributed by atoms with Crippen molar-refractivity contribution in [1.82, 2.24) is 0 Å². The Balaban J connectivity index is 3.46. The lowest BCUT2D eigenvalue weighted by atomic mass is 10.1. The van der Waals surface area contributed by atoms with E-state index < -0.39 is 5.09 Å². The summed E-state index contributed by atoms with van der Waals surface area (Å²) < 4.78 is 0. The van der Waals surface area contributed by atoms with Crippen molar-refractivity contribution < 1.29 is 15.0 Å². The normalized spacial score (nSPS) is 12.5. The zero-order valence-electron chi connectivity index (χ0n) is 7.23. The number of aliphatic hydroxyl groups excluding tert-OH is 1. The number of nitrogens with zero attached hydrogens (tertiary/aromatic N) is 1. The maximum Gasteiger partial charge on any atom is 0.294 e. The van der Waals surface area contributed by atoms with Crippen LogP contribution in [0.15, 0.2) is 0 Å². The van der Waals surface area contributed by atoms with Crippen molar-refractivity contribution in [2.75, 3.05) is 6.61 Å². The minimum atomic E-state index is -0.757. The Hall–Kier alpha value is -0.840. The first kappa shape index (κ1) is 11.2. The highest BCUT2D eigenvalue weighted by Gasteiger charge is 2.09. The smallest absolute Gasteiger partial charge is 0.294 e. The van der Waals surface area contributed by atoms with Crippen molar-refractivity contribution in [3.05, 3.63) is 10.1 Å². The molecule has 0 aromatic heterocycles. The first-order chi connectivity index (χ1) is 5.70. The molecule has 0 unspecified atom stereocenters. The molecule has 0 aliphatic carbocycles. The van der Waals surface area contributed by atoms with E-state index in [0.29, 0.717) is 19.3 Å². The maximum atomic E-state index is 9.94. The molecule has 0 saturated heterocycles. The van der Waals surface area contributed by atoms with Gasteiger partial charge in [-0.15, -0.1) is 10.1 Å². The third kappa shape index (κ3) is 5.91. The first-order valence-electron chi connectivity index (χ1n) is 4.12. The molecule has 0 aliphatic rings. The summed E-state index contributed by atoms with van der Waals surface area (Å²) in [5.74, 6) is 0. The highest BCUT2D eigenvalue weighted by molar-refractivity contribution is 4.53. The summed E-state index contributed by atoms with van der Waals surface area (Å²) in [5, 5.41) is 17.6. The van der Waals surface area contributed by atoms with Gasteiger partial charge in [-0.2, -0.15) is 0 Å². The van der Waals surface area contributed by atoms with Crippen LogP contribution in [0.25, 0.3) is 0 Å². The van der Waals surface area contributed by atoms with E-state index in [1.165, 1.54) is 0 Å². The van der Waals surface area contributed by atoms with Crippen molar-refractivity contribution in [3.63, 3.8) is 0 Å². The summed E-state index contributed by atoms with van der Waals surface area (Å²) in [6.07, 6.45) is 2.40. The molecule has 5 nitrogen and oxygen atoms in total. The molecule has 0 fully saturated rings. The molecule has 12 heavy (non-hydrogen) atoms. The monoisotopic (exact) mass is 177 g/mol. The van der Waals surface area contributed by atoms with Crippen LogP contribution in [0.4, 0.5) is 0 Å². The van der Waals surface area contributed by atoms with Crippen LogP contribution < -0.4 is 0 Å². The summed E-state index contributed by atoms with van der Waals surface area (Å²) in [4.78, 5) is 14.3. The van der Waals surface area contributed by atoms with Crippen molar-refractivity contribution in [2.24, 2.45) is 0 Å². The molecule has 0 radical (unpaired) electrons. The van der Waals surface area contributed by atoms with Crippen LogP contribution in [0.5, 0.6) is 0 Å². The van der Waals surface area contributed by atoms with Crippen molar-refractivity contribution in [3.8, 4) is 0 Å². The van der Waals surface area contributed by atoms with Crippen LogP contribution in [0.1, 0.15) is 32.6 Å². The highest BCUT2D eigenvalue weighted by Crippen LogP contribution is 2.08. The summed E-state index contributed by atoms with van der Waals surface area (Å²) in [6, 6.07) is 0. The molecule has 0 bridgehead atoms. The molecule has 72 valence electrons. The van der Waals surface area contributed by atoms with Crippen LogP contribution >= 0.6 is 0 Å². The van der Waals surface area contributed by atoms with Gasteiger partial charge < -0.3 is 9.94 Å². The molecule has 0 aromatic rings. The topological polar surface area (TPSA) is 72.6 Å². The van der Waals surface area contributed by atoms with Crippen molar-refractivity contribution in [1.29, 1.82) is 0 Å². The van der Waals surface area contributed by atoms with Gasteiger partial charge in [-0.25, -0.2) is 0 Å². The predicted molar refractivity (Wildman–Crippen MR) is 43.1 cm³/mol. The lowest BCUT2D eigenvalue weighted by Gasteiger charge is -2.11. The Bertz CT molecular complexity index is 129. The average molecular weight is 177 g/mol. The molecule has 1 atom stereocenters. The van der Waals surface area contributed by atoms with E-state index in [0.717, 1.165) is 6.42 Å². The van der Waals surface area contributed by atoms with Gasteiger partial charge in [0.2, 0.25) is 0 Å². The zero-order valence-corrected chi connectivity index (χ0v) is 7.23. The summed E-state index contributed by atoms with van der Waals surface area (Å²) >= 11 is 0. The van der Waals surface area contributed by atoms with E-state index in [-0.39, 0.29) is 12.7 Å². The Labute approximate surface area is 71.4 Å². The molecular formula is C7H15NO4. The van der Waals surface area contributed by atoms with Gasteiger partial charge >= 0.3 is 0 Å². The van der Waals surface area contributed by atoms with Gasteiger partial charge in [0.15, 0.2) is 0 Å². The fraction of sp³-hybridized carbons (Fsp3) is 1.00. The van der Waals surface area contributed by atoms with Crippen LogP contribution in [-0.4, -0.2) is 22.9 Å². The van der Waals surface area contributed by atoms with E-state index in [1.807, 2.05) is 6.92 Å². The number of aliphatic hydroxyl groups is 1. The maximum absolute atomic E-state index is 9.94. The number of unbranched alkanes of at least 4 members (excludes halogenated alkanes) is 1. The minimum absolute atomic E-state index is 0.134. The van der Waals surface area contributed by atoms with Crippen LogP contribution in [0.3, 0.4) is 0 Å². The van der Waals surface area contributed by atoms with Crippen LogP contribution in [0.2, 0.25) is 0 Å². The van der Waals surface area contributed by atoms with E-state index in [2.05, 4.69) is 4.84 Å². The number of hydrogen-bond donors (Lipinski definition) is 1. The fourth-order valence-corrected chi connectivity index (χ4v) is 0.937. The van der Waals surface area contributed by atoms with Gasteiger partial charge in [-0.3, -0.25) is 0 Å². The Morgan fingerprint density at radius 2 is 2.25 bits per heavy atom. The third-order valence-electron chi connectivity index (χ3n) is 1.62. The largest absolute Gasteiger partial charge is 0.396 e. The molecular weight excluding hydrogens is 162 g/mol. The highest BCUT2D eigenvalue weighted by atomic mass is 17.0. The molecule has 0 saturated carbocycles. The van der Waals surface area contributed by atoms with Gasteiger partial charge in [-0.1, -0.05) is 6.92 Å². The minimum Gasteiger partial charge on any atom is -0.396 e. The van der Waals surface area contributed by atoms with Crippen LogP contribution in [0, 0.1) is 10.1 Å². The Kier molecular flexibility index (Phi) is 6.37. The van der Waals surface area contributed by atoms with Gasteiger partial charge in [0.1, 0.15) is 6.10 Å². The average Bonchev–Trinajstić information content (AvgIpc) is 2.02. The molecule has 0 amide bonds. The number of rotatable bonds is 7. The summed E-state index contributed by atoms with van der Waals surface area (Å²) in [6.45, 7) is 1.97. The van der Waals surface area contributed by atoms with E-state index in [1.54, 1.807) is 0 Å². The molecule has 0 heterocycles. The predicted octanol–water partition coefficient (Wildman–Crippen LogP) is 1.14. The van der Waals surface area contributed by atoms with Crippen molar-refractivity contribution in [2.45, 2.75) is 38.7 Å². The zero-order chi connectivity index (χ0) is 9.40. The summed E-state index contributed by atoms with van der Waals surface area (Å²) in [7, 11) is 0. The second-order valence-corrected chi connectivity index (χ2v) is 2.58. The van der Waals surface area contributed by atoms with E-state index in [4.69, 9.17) is 5.11 Å². The van der Waals surface area contributed by atoms with Gasteiger partial charge in [0, 0.05) is 6.61 Å². The first-order valence-corrected chi connectivity index (χ1v) is 4.12. The Morgan fingerprint density at radius 3 is 2.67 bits per heavy atom. The lowest BCUT2D eigenvalue weighted by Crippen LogP contribution is -2.16. The molecule has 0 rings (SSSR count). The van der Waals surface area contributed by atoms with Crippen molar-refractivity contribution >= 4 is 0 Å². The fourth-order valence-electron chi connectivity index (χ4n) is 0.937. The second-order valence-electron chi connectivity index (χ2n) is 2.58. The second kappa shape index (κ2) is 6.84. The molecule has 5 heteroatoms. The van der Waals surface area contributed by atoms with Gasteiger partial charge in [-0.05, 0) is 25.7 Å². The quantitative estimate of drug-likeness (QED) is 0.359. The molecule has 1 N–H and O–H groups in total. The SMILES string of the molecule is CC[C@@H](CCCCO)O[N+](=O)[O-]. The van der Waals surface area contributed by atoms with Gasteiger partial charge in [0.05, 0.1) is 0 Å². The summed E-state index contributed by atoms with van der Waals surface area (Å²) in [5.41, 5.74) is 0. The molecule has 0 aliphatic heterocycles. The van der Waals surface area contributed by atoms with E-state index >= 15 is 0 Å². The molecule has 0 spiro atoms. The third-order valence-corrected chi connectivity index (χ3v) is 1.62.